The van der Waals surface area contributed by atoms with Crippen LogP contribution >= 0.6 is 0 Å². The Morgan fingerprint density at radius 1 is 1.14 bits per heavy atom. The molecule has 1 aliphatic carbocycles. The average Bonchev–Trinajstić information content (AvgIpc) is 3.86. The van der Waals surface area contributed by atoms with Crippen LogP contribution in [0.4, 0.5) is 20.4 Å². The van der Waals surface area contributed by atoms with Crippen molar-refractivity contribution in [3.05, 3.63) is 77.0 Å². The van der Waals surface area contributed by atoms with Gasteiger partial charge in [0.05, 0.1) is 41.9 Å². The Balaban J connectivity index is 1.14. The summed E-state index contributed by atoms with van der Waals surface area (Å²) in [6.45, 7) is 1.64. The number of fused-ring (bicyclic) bond motifs is 3. The van der Waals surface area contributed by atoms with Crippen molar-refractivity contribution >= 4 is 38.3 Å². The van der Waals surface area contributed by atoms with Crippen molar-refractivity contribution in [3.63, 3.8) is 0 Å². The predicted octanol–water partition coefficient (Wildman–Crippen LogP) is 4.66. The third-order valence-electron chi connectivity index (χ3n) is 7.93. The van der Waals surface area contributed by atoms with Gasteiger partial charge in [-0.2, -0.15) is 0 Å². The maximum Gasteiger partial charge on any atom is 0.251 e. The molecule has 3 aromatic heterocycles. The first-order valence-electron chi connectivity index (χ1n) is 13.9. The van der Waals surface area contributed by atoms with Gasteiger partial charge in [0.1, 0.15) is 18.2 Å². The summed E-state index contributed by atoms with van der Waals surface area (Å²) in [6, 6.07) is 8.88. The highest BCUT2D eigenvalue weighted by molar-refractivity contribution is 7.92. The molecular weight excluding hydrogens is 580 g/mol. The zero-order valence-corrected chi connectivity index (χ0v) is 23.9. The molecule has 0 bridgehead atoms. The summed E-state index contributed by atoms with van der Waals surface area (Å²) < 4.78 is 65.1. The van der Waals surface area contributed by atoms with Gasteiger partial charge in [-0.1, -0.05) is 0 Å². The normalized spacial score (nSPS) is 20.0. The molecule has 0 spiro atoms. The highest BCUT2D eigenvalue weighted by atomic mass is 32.2. The first-order valence-corrected chi connectivity index (χ1v) is 15.5. The van der Waals surface area contributed by atoms with Gasteiger partial charge in [0.25, 0.3) is 5.91 Å². The number of aromatic nitrogens is 3. The number of benzene rings is 1. The highest BCUT2D eigenvalue weighted by Crippen LogP contribution is 2.43. The molecule has 3 aliphatic rings. The summed E-state index contributed by atoms with van der Waals surface area (Å²) in [5, 5.41) is 3.51. The molecule has 1 N–H and O–H groups in total. The van der Waals surface area contributed by atoms with Gasteiger partial charge in [-0.3, -0.25) is 9.78 Å². The fraction of sp³-hybridized carbons (Fsp3) is 0.333. The molecule has 7 rings (SSSR count). The van der Waals surface area contributed by atoms with Gasteiger partial charge in [-0.05, 0) is 67.6 Å². The fourth-order valence-corrected chi connectivity index (χ4v) is 6.70. The Labute approximate surface area is 246 Å². The van der Waals surface area contributed by atoms with Gasteiger partial charge in [0.2, 0.25) is 15.3 Å². The zero-order chi connectivity index (χ0) is 29.9. The number of nitrogens with zero attached hydrogens (tertiary/aromatic N) is 4. The summed E-state index contributed by atoms with van der Waals surface area (Å²) >= 11 is 0. The van der Waals surface area contributed by atoms with Gasteiger partial charge in [0.15, 0.2) is 11.6 Å². The first-order chi connectivity index (χ1) is 20.7. The van der Waals surface area contributed by atoms with Crippen LogP contribution in [0.1, 0.15) is 58.9 Å². The quantitative estimate of drug-likeness (QED) is 0.345. The highest BCUT2D eigenvalue weighted by Gasteiger charge is 2.35. The lowest BCUT2D eigenvalue weighted by Gasteiger charge is -2.29. The number of carbonyl (C=O) groups excluding carboxylic acids is 1. The number of sulfone groups is 1. The topological polar surface area (TPSA) is 124 Å². The van der Waals surface area contributed by atoms with Crippen molar-refractivity contribution in [2.75, 3.05) is 24.7 Å². The van der Waals surface area contributed by atoms with E-state index in [0.29, 0.717) is 41.9 Å². The standard InChI is InChI=1S/C30H27F2N5O5S/c1-16(35-30(38)19-8-22(31)21-14-41-15-27(32)43(39,40)26(21)10-19)23-11-24-18(12-33-23)4-5-28(36-24)37-6-7-42-25-9-20(17-2-3-17)13-34-29(25)37/h4-5,8-13,16-17,27H,2-3,6-7,14-15H2,1H3,(H,35,38)/t16-,27+/m0/s1. The number of halogens is 2. The molecular formula is C30H27F2N5O5S. The number of hydrogen-bond donors (Lipinski definition) is 1. The third-order valence-corrected chi connectivity index (χ3v) is 9.72. The van der Waals surface area contributed by atoms with E-state index in [-0.39, 0.29) is 11.1 Å². The molecule has 0 saturated heterocycles. The van der Waals surface area contributed by atoms with Gasteiger partial charge >= 0.3 is 0 Å². The van der Waals surface area contributed by atoms with Crippen molar-refractivity contribution in [3.8, 4) is 5.75 Å². The van der Waals surface area contributed by atoms with Crippen LogP contribution < -0.4 is 15.0 Å². The van der Waals surface area contributed by atoms with E-state index in [2.05, 4.69) is 21.4 Å². The maximum absolute atomic E-state index is 14.8. The van der Waals surface area contributed by atoms with Gasteiger partial charge < -0.3 is 19.7 Å². The second-order valence-electron chi connectivity index (χ2n) is 10.9. The van der Waals surface area contributed by atoms with Gasteiger partial charge in [0, 0.05) is 28.9 Å². The lowest BCUT2D eigenvalue weighted by atomic mass is 10.1. The minimum Gasteiger partial charge on any atom is -0.488 e. The summed E-state index contributed by atoms with van der Waals surface area (Å²) in [5.41, 5.74) is -0.599. The van der Waals surface area contributed by atoms with Crippen LogP contribution in [0.3, 0.4) is 0 Å². The summed E-state index contributed by atoms with van der Waals surface area (Å²) in [5.74, 6) is 0.991. The number of nitrogens with one attached hydrogen (secondary N) is 1. The molecule has 0 unspecified atom stereocenters. The molecule has 4 aromatic rings. The maximum atomic E-state index is 14.8. The molecule has 1 amide bonds. The Bertz CT molecular complexity index is 1880. The predicted molar refractivity (Wildman–Crippen MR) is 152 cm³/mol. The van der Waals surface area contributed by atoms with Crippen molar-refractivity contribution in [2.45, 2.75) is 48.7 Å². The number of anilines is 2. The van der Waals surface area contributed by atoms with Crippen LogP contribution in [0.15, 0.2) is 53.7 Å². The second-order valence-corrected chi connectivity index (χ2v) is 13.0. The fourth-order valence-electron chi connectivity index (χ4n) is 5.36. The molecule has 2 aliphatic heterocycles. The van der Waals surface area contributed by atoms with E-state index in [1.54, 1.807) is 19.2 Å². The van der Waals surface area contributed by atoms with E-state index in [4.69, 9.17) is 14.5 Å². The number of alkyl halides is 1. The molecule has 5 heterocycles. The van der Waals surface area contributed by atoms with Gasteiger partial charge in [-0.25, -0.2) is 27.2 Å². The lowest BCUT2D eigenvalue weighted by Crippen LogP contribution is -2.30. The Morgan fingerprint density at radius 2 is 1.98 bits per heavy atom. The molecule has 13 heteroatoms. The molecule has 1 aromatic carbocycles. The van der Waals surface area contributed by atoms with Crippen molar-refractivity contribution in [1.29, 1.82) is 0 Å². The van der Waals surface area contributed by atoms with E-state index in [9.17, 15) is 22.0 Å². The van der Waals surface area contributed by atoms with Gasteiger partial charge in [-0.15, -0.1) is 0 Å². The summed E-state index contributed by atoms with van der Waals surface area (Å²) in [7, 11) is -4.52. The van der Waals surface area contributed by atoms with E-state index >= 15 is 0 Å². The van der Waals surface area contributed by atoms with Crippen LogP contribution in [-0.4, -0.2) is 54.5 Å². The number of amides is 1. The Hall–Kier alpha value is -4.23. The number of hydrogen-bond acceptors (Lipinski definition) is 9. The molecule has 0 radical (unpaired) electrons. The molecule has 2 atom stereocenters. The third kappa shape index (κ3) is 5.06. The Kier molecular flexibility index (Phi) is 6.73. The summed E-state index contributed by atoms with van der Waals surface area (Å²) in [4.78, 5) is 28.5. The largest absolute Gasteiger partial charge is 0.488 e. The first kappa shape index (κ1) is 27.6. The van der Waals surface area contributed by atoms with E-state index in [1.807, 2.05) is 23.2 Å². The molecule has 1 saturated carbocycles. The van der Waals surface area contributed by atoms with Crippen LogP contribution in [0.2, 0.25) is 0 Å². The van der Waals surface area contributed by atoms with Crippen LogP contribution in [0.25, 0.3) is 10.9 Å². The minimum absolute atomic E-state index is 0.259. The van der Waals surface area contributed by atoms with E-state index in [1.165, 1.54) is 18.4 Å². The minimum atomic E-state index is -4.52. The molecule has 10 nitrogen and oxygen atoms in total. The van der Waals surface area contributed by atoms with E-state index in [0.717, 1.165) is 23.3 Å². The lowest BCUT2D eigenvalue weighted by molar-refractivity contribution is 0.0931. The summed E-state index contributed by atoms with van der Waals surface area (Å²) in [6.07, 6.45) is 5.90. The van der Waals surface area contributed by atoms with Crippen molar-refractivity contribution < 1.29 is 31.5 Å². The van der Waals surface area contributed by atoms with E-state index < -0.39 is 51.2 Å². The van der Waals surface area contributed by atoms with Crippen LogP contribution in [-0.2, 0) is 21.2 Å². The average molecular weight is 608 g/mol. The molecule has 222 valence electrons. The van der Waals surface area contributed by atoms with Crippen molar-refractivity contribution in [2.24, 2.45) is 0 Å². The van der Waals surface area contributed by atoms with Crippen LogP contribution in [0, 0.1) is 5.82 Å². The zero-order valence-electron chi connectivity index (χ0n) is 23.1. The van der Waals surface area contributed by atoms with Crippen molar-refractivity contribution in [1.82, 2.24) is 20.3 Å². The monoisotopic (exact) mass is 607 g/mol. The number of rotatable bonds is 5. The smallest absolute Gasteiger partial charge is 0.251 e. The number of pyridine rings is 3. The Morgan fingerprint density at radius 3 is 2.79 bits per heavy atom. The van der Waals surface area contributed by atoms with Crippen LogP contribution in [0.5, 0.6) is 5.75 Å². The number of ether oxygens (including phenoxy) is 2. The molecule has 43 heavy (non-hydrogen) atoms. The number of carbonyl (C=O) groups is 1. The second kappa shape index (κ2) is 10.5. The SMILES string of the molecule is C[C@H](NC(=O)c1cc(F)c2c(c1)S(=O)(=O)[C@@H](F)COC2)c1cc2nc(N3CCOc4cc(C5CC5)cnc43)ccc2cn1. The molecule has 1 fully saturated rings.